The molecule has 2 N–H and O–H groups in total. The van der Waals surface area contributed by atoms with E-state index in [1.807, 2.05) is 6.92 Å². The largest absolute Gasteiger partial charge is 0.338 e. The molecule has 1 aromatic heterocycles. The molecule has 0 radical (unpaired) electrons. The van der Waals surface area contributed by atoms with E-state index in [0.29, 0.717) is 11.9 Å². The molecule has 1 rings (SSSR count). The van der Waals surface area contributed by atoms with Gasteiger partial charge in [-0.1, -0.05) is 12.1 Å². The van der Waals surface area contributed by atoms with Crippen LogP contribution >= 0.6 is 0 Å². The van der Waals surface area contributed by atoms with Crippen LogP contribution in [-0.2, 0) is 4.79 Å². The first kappa shape index (κ1) is 11.7. The lowest BCUT2D eigenvalue weighted by Crippen LogP contribution is -2.33. The molecule has 0 aromatic carbocycles. The highest BCUT2D eigenvalue weighted by atomic mass is 16.5. The fourth-order valence-corrected chi connectivity index (χ4v) is 1.02. The van der Waals surface area contributed by atoms with Crippen molar-refractivity contribution >= 4 is 11.8 Å². The first-order valence-electron chi connectivity index (χ1n) is 5.08. The molecule has 0 aliphatic rings. The van der Waals surface area contributed by atoms with Gasteiger partial charge in [-0.3, -0.25) is 10.1 Å². The average molecular weight is 211 g/mol. The van der Waals surface area contributed by atoms with Crippen LogP contribution in [-0.4, -0.2) is 23.7 Å². The summed E-state index contributed by atoms with van der Waals surface area (Å²) in [5.74, 6) is 0.273. The molecular weight excluding hydrogens is 194 g/mol. The molecule has 0 bridgehead atoms. The third-order valence-corrected chi connectivity index (χ3v) is 2.11. The summed E-state index contributed by atoms with van der Waals surface area (Å²) in [5, 5.41) is 9.37. The molecule has 5 heteroatoms. The maximum atomic E-state index is 11.4. The maximum Gasteiger partial charge on any atom is 0.240 e. The van der Waals surface area contributed by atoms with Gasteiger partial charge in [0.2, 0.25) is 11.8 Å². The molecular formula is C10H17N3O2. The number of anilines is 1. The standard InChI is InChI=1S/C10H17N3O2/c1-4-7(2)11-6-9(14)12-10-5-8(3)13-15-10/h5,7,11H,4,6H2,1-3H3,(H,12,14). The van der Waals surface area contributed by atoms with Gasteiger partial charge < -0.3 is 9.84 Å². The van der Waals surface area contributed by atoms with Crippen molar-refractivity contribution in [1.29, 1.82) is 0 Å². The van der Waals surface area contributed by atoms with E-state index in [1.165, 1.54) is 0 Å². The maximum absolute atomic E-state index is 11.4. The number of carbonyl (C=O) groups excluding carboxylic acids is 1. The topological polar surface area (TPSA) is 67.2 Å². The van der Waals surface area contributed by atoms with E-state index in [1.54, 1.807) is 13.0 Å². The Morgan fingerprint density at radius 3 is 2.93 bits per heavy atom. The van der Waals surface area contributed by atoms with Crippen LogP contribution in [0.2, 0.25) is 0 Å². The van der Waals surface area contributed by atoms with Gasteiger partial charge in [-0.2, -0.15) is 0 Å². The van der Waals surface area contributed by atoms with Crippen LogP contribution in [0, 0.1) is 6.92 Å². The summed E-state index contributed by atoms with van der Waals surface area (Å²) in [6.07, 6.45) is 0.995. The van der Waals surface area contributed by atoms with Crippen molar-refractivity contribution in [3.05, 3.63) is 11.8 Å². The molecule has 0 saturated heterocycles. The second-order valence-electron chi connectivity index (χ2n) is 3.57. The van der Waals surface area contributed by atoms with E-state index < -0.39 is 0 Å². The van der Waals surface area contributed by atoms with Gasteiger partial charge in [-0.15, -0.1) is 0 Å². The minimum Gasteiger partial charge on any atom is -0.338 e. The number of nitrogens with zero attached hydrogens (tertiary/aromatic N) is 1. The molecule has 1 atom stereocenters. The van der Waals surface area contributed by atoms with E-state index in [9.17, 15) is 4.79 Å². The minimum absolute atomic E-state index is 0.119. The Hall–Kier alpha value is -1.36. The first-order valence-corrected chi connectivity index (χ1v) is 5.08. The van der Waals surface area contributed by atoms with Gasteiger partial charge in [-0.25, -0.2) is 0 Å². The third kappa shape index (κ3) is 4.12. The molecule has 5 nitrogen and oxygen atoms in total. The fraction of sp³-hybridized carbons (Fsp3) is 0.600. The van der Waals surface area contributed by atoms with Crippen LogP contribution in [0.15, 0.2) is 10.6 Å². The van der Waals surface area contributed by atoms with Gasteiger partial charge in [0.15, 0.2) is 0 Å². The number of hydrogen-bond donors (Lipinski definition) is 2. The summed E-state index contributed by atoms with van der Waals surface area (Å²) in [4.78, 5) is 11.4. The molecule has 0 spiro atoms. The van der Waals surface area contributed by atoms with Gasteiger partial charge >= 0.3 is 0 Å². The normalized spacial score (nSPS) is 12.5. The molecule has 0 aliphatic heterocycles. The molecule has 1 heterocycles. The zero-order chi connectivity index (χ0) is 11.3. The number of hydrogen-bond acceptors (Lipinski definition) is 4. The van der Waals surface area contributed by atoms with Gasteiger partial charge in [0.25, 0.3) is 0 Å². The Bertz CT molecular complexity index is 322. The molecule has 0 fully saturated rings. The van der Waals surface area contributed by atoms with E-state index in [2.05, 4.69) is 22.7 Å². The quantitative estimate of drug-likeness (QED) is 0.770. The molecule has 1 aromatic rings. The van der Waals surface area contributed by atoms with E-state index >= 15 is 0 Å². The molecule has 15 heavy (non-hydrogen) atoms. The third-order valence-electron chi connectivity index (χ3n) is 2.11. The Balaban J connectivity index is 2.30. The Morgan fingerprint density at radius 2 is 2.40 bits per heavy atom. The lowest BCUT2D eigenvalue weighted by molar-refractivity contribution is -0.115. The molecule has 0 saturated carbocycles. The van der Waals surface area contributed by atoms with Crippen molar-refractivity contribution in [3.63, 3.8) is 0 Å². The summed E-state index contributed by atoms with van der Waals surface area (Å²) in [6, 6.07) is 2.02. The average Bonchev–Trinajstić information content (AvgIpc) is 2.60. The van der Waals surface area contributed by atoms with Crippen molar-refractivity contribution in [3.8, 4) is 0 Å². The highest BCUT2D eigenvalue weighted by molar-refractivity contribution is 5.90. The molecule has 1 unspecified atom stereocenters. The van der Waals surface area contributed by atoms with E-state index in [-0.39, 0.29) is 12.5 Å². The number of rotatable bonds is 5. The molecule has 1 amide bonds. The Morgan fingerprint density at radius 1 is 1.67 bits per heavy atom. The van der Waals surface area contributed by atoms with Crippen LogP contribution in [0.3, 0.4) is 0 Å². The number of amides is 1. The van der Waals surface area contributed by atoms with Crippen LogP contribution in [0.5, 0.6) is 0 Å². The van der Waals surface area contributed by atoms with E-state index in [0.717, 1.165) is 12.1 Å². The number of aromatic nitrogens is 1. The highest BCUT2D eigenvalue weighted by Crippen LogP contribution is 2.07. The number of aryl methyl sites for hydroxylation is 1. The highest BCUT2D eigenvalue weighted by Gasteiger charge is 2.07. The van der Waals surface area contributed by atoms with Crippen molar-refractivity contribution < 1.29 is 9.32 Å². The summed E-state index contributed by atoms with van der Waals surface area (Å²) >= 11 is 0. The monoisotopic (exact) mass is 211 g/mol. The molecule has 84 valence electrons. The van der Waals surface area contributed by atoms with E-state index in [4.69, 9.17) is 4.52 Å². The van der Waals surface area contributed by atoms with Crippen molar-refractivity contribution in [2.24, 2.45) is 0 Å². The first-order chi connectivity index (χ1) is 7.11. The summed E-state index contributed by atoms with van der Waals surface area (Å²) in [5.41, 5.74) is 0.750. The Labute approximate surface area is 89.2 Å². The van der Waals surface area contributed by atoms with Gasteiger partial charge in [0, 0.05) is 12.1 Å². The predicted molar refractivity (Wildman–Crippen MR) is 57.6 cm³/mol. The van der Waals surface area contributed by atoms with Gasteiger partial charge in [-0.05, 0) is 20.3 Å². The SMILES string of the molecule is CCC(C)NCC(=O)Nc1cc(C)no1. The Kier molecular flexibility index (Phi) is 4.30. The predicted octanol–water partition coefficient (Wildman–Crippen LogP) is 1.31. The smallest absolute Gasteiger partial charge is 0.240 e. The van der Waals surface area contributed by atoms with Gasteiger partial charge in [0.05, 0.1) is 12.2 Å². The number of nitrogens with one attached hydrogen (secondary N) is 2. The zero-order valence-corrected chi connectivity index (χ0v) is 9.33. The van der Waals surface area contributed by atoms with Crippen molar-refractivity contribution in [2.75, 3.05) is 11.9 Å². The van der Waals surface area contributed by atoms with Crippen molar-refractivity contribution in [1.82, 2.24) is 10.5 Å². The minimum atomic E-state index is -0.119. The summed E-state index contributed by atoms with van der Waals surface area (Å²) in [6.45, 7) is 6.19. The van der Waals surface area contributed by atoms with Crippen LogP contribution in [0.4, 0.5) is 5.88 Å². The summed E-state index contributed by atoms with van der Waals surface area (Å²) < 4.78 is 4.86. The second-order valence-corrected chi connectivity index (χ2v) is 3.57. The summed E-state index contributed by atoms with van der Waals surface area (Å²) in [7, 11) is 0. The van der Waals surface area contributed by atoms with Crippen LogP contribution in [0.25, 0.3) is 0 Å². The zero-order valence-electron chi connectivity index (χ0n) is 9.33. The van der Waals surface area contributed by atoms with Crippen molar-refractivity contribution in [2.45, 2.75) is 33.2 Å². The lowest BCUT2D eigenvalue weighted by Gasteiger charge is -2.09. The molecule has 0 aliphatic carbocycles. The fourth-order valence-electron chi connectivity index (χ4n) is 1.02. The number of carbonyl (C=O) groups is 1. The van der Waals surface area contributed by atoms with Crippen LogP contribution < -0.4 is 10.6 Å². The second kappa shape index (κ2) is 5.50. The lowest BCUT2D eigenvalue weighted by atomic mass is 10.2. The van der Waals surface area contributed by atoms with Crippen LogP contribution in [0.1, 0.15) is 26.0 Å². The van der Waals surface area contributed by atoms with Gasteiger partial charge in [0.1, 0.15) is 0 Å².